The van der Waals surface area contributed by atoms with E-state index in [2.05, 4.69) is 0 Å². The predicted molar refractivity (Wildman–Crippen MR) is 134 cm³/mol. The molecule has 0 spiro atoms. The average Bonchev–Trinajstić information content (AvgIpc) is 2.90. The number of rotatable bonds is 7. The molecule has 1 saturated heterocycles. The molecule has 5 unspecified atom stereocenters. The van der Waals surface area contributed by atoms with Crippen LogP contribution in [0.3, 0.4) is 0 Å². The van der Waals surface area contributed by atoms with Gasteiger partial charge < -0.3 is 55.1 Å². The van der Waals surface area contributed by atoms with Crippen LogP contribution in [0.1, 0.15) is 21.5 Å². The Bertz CT molecular complexity index is 1310. The number of esters is 1. The maximum Gasteiger partial charge on any atom is 0.339 e. The van der Waals surface area contributed by atoms with Crippen molar-refractivity contribution in [1.29, 1.82) is 0 Å². The van der Waals surface area contributed by atoms with Gasteiger partial charge >= 0.3 is 5.97 Å². The topological polar surface area (TPSA) is 207 Å². The van der Waals surface area contributed by atoms with E-state index in [1.165, 1.54) is 18.2 Å². The highest BCUT2D eigenvalue weighted by Crippen LogP contribution is 2.36. The molecule has 39 heavy (non-hydrogen) atoms. The highest BCUT2D eigenvalue weighted by molar-refractivity contribution is 5.91. The van der Waals surface area contributed by atoms with Crippen molar-refractivity contribution in [3.63, 3.8) is 0 Å². The highest BCUT2D eigenvalue weighted by atomic mass is 16.7. The zero-order valence-corrected chi connectivity index (χ0v) is 20.2. The van der Waals surface area contributed by atoms with E-state index in [1.807, 2.05) is 0 Å². The van der Waals surface area contributed by atoms with Gasteiger partial charge in [0.15, 0.2) is 23.4 Å². The number of aliphatic hydroxyl groups is 3. The van der Waals surface area contributed by atoms with Gasteiger partial charge in [-0.1, -0.05) is 24.3 Å². The standard InChI is InChI=1S/C27H26O12/c28-12-21-23(34)24(35)25(39-26(36)15-9-19(31)22(33)20(32)10-15)27(38-21)37-18-5-3-13(4-6-18)1-2-14-7-16(29)11-17(30)8-14/h1-11,21,23-25,27-35H,12H2/b2-1-. The van der Waals surface area contributed by atoms with Gasteiger partial charge in [-0.25, -0.2) is 4.79 Å². The molecule has 0 bridgehead atoms. The first kappa shape index (κ1) is 27.5. The molecule has 4 rings (SSSR count). The lowest BCUT2D eigenvalue weighted by Gasteiger charge is -2.41. The first-order valence-electron chi connectivity index (χ1n) is 11.6. The first-order chi connectivity index (χ1) is 18.5. The first-order valence-corrected chi connectivity index (χ1v) is 11.6. The van der Waals surface area contributed by atoms with Crippen molar-refractivity contribution in [1.82, 2.24) is 0 Å². The lowest BCUT2D eigenvalue weighted by molar-refractivity contribution is -0.276. The van der Waals surface area contributed by atoms with Crippen LogP contribution in [0.4, 0.5) is 0 Å². The van der Waals surface area contributed by atoms with Gasteiger partial charge in [0.05, 0.1) is 12.2 Å². The number of hydrogen-bond donors (Lipinski definition) is 8. The third-order valence-corrected chi connectivity index (χ3v) is 5.90. The number of phenolic OH excluding ortho intramolecular Hbond substituents is 5. The molecule has 0 radical (unpaired) electrons. The Balaban J connectivity index is 1.51. The van der Waals surface area contributed by atoms with Crippen molar-refractivity contribution >= 4 is 18.1 Å². The summed E-state index contributed by atoms with van der Waals surface area (Å²) in [7, 11) is 0. The molecule has 0 aromatic heterocycles. The molecule has 3 aromatic carbocycles. The lowest BCUT2D eigenvalue weighted by Crippen LogP contribution is -2.61. The molecule has 1 aliphatic rings. The van der Waals surface area contributed by atoms with Gasteiger partial charge in [0, 0.05) is 6.07 Å². The van der Waals surface area contributed by atoms with Crippen LogP contribution in [0.5, 0.6) is 34.5 Å². The minimum absolute atomic E-state index is 0.0892. The third-order valence-electron chi connectivity index (χ3n) is 5.90. The Morgan fingerprint density at radius 1 is 0.821 bits per heavy atom. The van der Waals surface area contributed by atoms with Crippen molar-refractivity contribution in [2.45, 2.75) is 30.7 Å². The quantitative estimate of drug-likeness (QED) is 0.121. The van der Waals surface area contributed by atoms with E-state index in [1.54, 1.807) is 36.4 Å². The summed E-state index contributed by atoms with van der Waals surface area (Å²) >= 11 is 0. The Kier molecular flexibility index (Phi) is 8.12. The minimum atomic E-state index is -1.75. The Labute approximate surface area is 221 Å². The average molecular weight is 542 g/mol. The summed E-state index contributed by atoms with van der Waals surface area (Å²) in [5, 5.41) is 78.5. The van der Waals surface area contributed by atoms with E-state index < -0.39 is 60.5 Å². The Hall–Kier alpha value is -4.49. The van der Waals surface area contributed by atoms with Crippen molar-refractivity contribution in [3.05, 3.63) is 71.3 Å². The zero-order chi connectivity index (χ0) is 28.3. The van der Waals surface area contributed by atoms with Gasteiger partial charge in [0.2, 0.25) is 6.29 Å². The van der Waals surface area contributed by atoms with Gasteiger partial charge in [0.1, 0.15) is 35.6 Å². The van der Waals surface area contributed by atoms with Crippen LogP contribution >= 0.6 is 0 Å². The van der Waals surface area contributed by atoms with E-state index in [-0.39, 0.29) is 22.8 Å². The molecular weight excluding hydrogens is 516 g/mol. The largest absolute Gasteiger partial charge is 0.508 e. The number of carbonyl (C=O) groups is 1. The number of carbonyl (C=O) groups excluding carboxylic acids is 1. The normalized spacial score (nSPS) is 23.0. The second-order valence-electron chi connectivity index (χ2n) is 8.74. The SMILES string of the molecule is O=C(OC1C(Oc2ccc(/C=C\c3cc(O)cc(O)c3)cc2)OC(CO)C(O)C1O)c1cc(O)c(O)c(O)c1. The summed E-state index contributed by atoms with van der Waals surface area (Å²) in [6.07, 6.45) is -4.36. The van der Waals surface area contributed by atoms with E-state index in [0.717, 1.165) is 12.1 Å². The summed E-state index contributed by atoms with van der Waals surface area (Å²) in [4.78, 5) is 12.7. The van der Waals surface area contributed by atoms with Crippen LogP contribution in [0.15, 0.2) is 54.6 Å². The van der Waals surface area contributed by atoms with Crippen LogP contribution in [0.25, 0.3) is 12.2 Å². The zero-order valence-electron chi connectivity index (χ0n) is 20.2. The summed E-state index contributed by atoms with van der Waals surface area (Å²) in [5.41, 5.74) is 0.906. The van der Waals surface area contributed by atoms with Gasteiger partial charge in [-0.15, -0.1) is 0 Å². The molecule has 12 heteroatoms. The number of hydrogen-bond acceptors (Lipinski definition) is 12. The van der Waals surface area contributed by atoms with Crippen molar-refractivity contribution < 1.29 is 59.9 Å². The van der Waals surface area contributed by atoms with Crippen LogP contribution in [-0.4, -0.2) is 84.1 Å². The predicted octanol–water partition coefficient (Wildman–Crippen LogP) is 1.43. The van der Waals surface area contributed by atoms with E-state index in [4.69, 9.17) is 14.2 Å². The number of benzene rings is 3. The van der Waals surface area contributed by atoms with Crippen LogP contribution in [0.2, 0.25) is 0 Å². The maximum absolute atomic E-state index is 12.7. The highest BCUT2D eigenvalue weighted by Gasteiger charge is 2.48. The molecule has 3 aromatic rings. The summed E-state index contributed by atoms with van der Waals surface area (Å²) < 4.78 is 16.6. The summed E-state index contributed by atoms with van der Waals surface area (Å²) in [6, 6.07) is 12.2. The fourth-order valence-corrected chi connectivity index (χ4v) is 3.89. The van der Waals surface area contributed by atoms with Gasteiger partial charge in [-0.2, -0.15) is 0 Å². The van der Waals surface area contributed by atoms with E-state index in [0.29, 0.717) is 11.1 Å². The van der Waals surface area contributed by atoms with E-state index in [9.17, 15) is 45.6 Å². The smallest absolute Gasteiger partial charge is 0.339 e. The summed E-state index contributed by atoms with van der Waals surface area (Å²) in [5.74, 6) is -3.52. The molecule has 206 valence electrons. The molecule has 8 N–H and O–H groups in total. The number of phenols is 5. The molecule has 1 fully saturated rings. The summed E-state index contributed by atoms with van der Waals surface area (Å²) in [6.45, 7) is -0.674. The molecular formula is C27H26O12. The molecule has 0 amide bonds. The molecule has 1 aliphatic heterocycles. The van der Waals surface area contributed by atoms with Crippen molar-refractivity contribution in [3.8, 4) is 34.5 Å². The molecule has 12 nitrogen and oxygen atoms in total. The maximum atomic E-state index is 12.7. The fraction of sp³-hybridized carbons (Fsp3) is 0.222. The monoisotopic (exact) mass is 542 g/mol. The fourth-order valence-electron chi connectivity index (χ4n) is 3.89. The third kappa shape index (κ3) is 6.33. The van der Waals surface area contributed by atoms with Crippen molar-refractivity contribution in [2.75, 3.05) is 6.61 Å². The molecule has 0 saturated carbocycles. The molecule has 0 aliphatic carbocycles. The van der Waals surface area contributed by atoms with Crippen LogP contribution < -0.4 is 4.74 Å². The van der Waals surface area contributed by atoms with Crippen molar-refractivity contribution in [2.24, 2.45) is 0 Å². The Morgan fingerprint density at radius 2 is 1.41 bits per heavy atom. The van der Waals surface area contributed by atoms with E-state index >= 15 is 0 Å². The van der Waals surface area contributed by atoms with Gasteiger partial charge in [0.25, 0.3) is 0 Å². The number of ether oxygens (including phenoxy) is 3. The lowest BCUT2D eigenvalue weighted by atomic mass is 9.99. The second-order valence-corrected chi connectivity index (χ2v) is 8.74. The van der Waals surface area contributed by atoms with Gasteiger partial charge in [-0.05, 0) is 47.5 Å². The molecule has 5 atom stereocenters. The van der Waals surface area contributed by atoms with Crippen LogP contribution in [-0.2, 0) is 9.47 Å². The van der Waals surface area contributed by atoms with Gasteiger partial charge in [-0.3, -0.25) is 0 Å². The minimum Gasteiger partial charge on any atom is -0.508 e. The number of aliphatic hydroxyl groups excluding tert-OH is 3. The second kappa shape index (κ2) is 11.5. The van der Waals surface area contributed by atoms with Crippen LogP contribution in [0, 0.1) is 0 Å². The molecule has 1 heterocycles. The number of aromatic hydroxyl groups is 5. The Morgan fingerprint density at radius 3 is 2.00 bits per heavy atom.